The summed E-state index contributed by atoms with van der Waals surface area (Å²) in [6, 6.07) is 21.6. The number of nitrogens with one attached hydrogen (secondary N) is 1. The fourth-order valence-corrected chi connectivity index (χ4v) is 2.88. The second-order valence-electron chi connectivity index (χ2n) is 6.77. The first kappa shape index (κ1) is 18.8. The van der Waals surface area contributed by atoms with Crippen molar-refractivity contribution >= 4 is 16.7 Å². The molecule has 0 aliphatic heterocycles. The van der Waals surface area contributed by atoms with Gasteiger partial charge >= 0.3 is 0 Å². The first-order valence-corrected chi connectivity index (χ1v) is 9.20. The normalized spacial score (nSPS) is 12.0. The van der Waals surface area contributed by atoms with E-state index in [1.54, 1.807) is 6.92 Å². The summed E-state index contributed by atoms with van der Waals surface area (Å²) < 4.78 is 11.6. The van der Waals surface area contributed by atoms with Crippen LogP contribution in [-0.4, -0.2) is 18.1 Å². The van der Waals surface area contributed by atoms with Crippen LogP contribution in [0.4, 0.5) is 0 Å². The minimum absolute atomic E-state index is 0.115. The summed E-state index contributed by atoms with van der Waals surface area (Å²) in [5.41, 5.74) is 0.985. The average molecular weight is 363 g/mol. The van der Waals surface area contributed by atoms with Crippen molar-refractivity contribution in [3.63, 3.8) is 0 Å². The van der Waals surface area contributed by atoms with Gasteiger partial charge in [0, 0.05) is 11.9 Å². The van der Waals surface area contributed by atoms with Crippen molar-refractivity contribution in [1.82, 2.24) is 5.32 Å². The largest absolute Gasteiger partial charge is 0.491 e. The zero-order valence-corrected chi connectivity index (χ0v) is 15.9. The molecule has 0 aliphatic carbocycles. The van der Waals surface area contributed by atoms with Crippen LogP contribution >= 0.6 is 0 Å². The molecule has 27 heavy (non-hydrogen) atoms. The zero-order chi connectivity index (χ0) is 19.2. The van der Waals surface area contributed by atoms with E-state index in [0.717, 1.165) is 22.1 Å². The predicted molar refractivity (Wildman–Crippen MR) is 108 cm³/mol. The van der Waals surface area contributed by atoms with Gasteiger partial charge in [-0.25, -0.2) is 0 Å². The maximum absolute atomic E-state index is 12.5. The van der Waals surface area contributed by atoms with Crippen LogP contribution in [0.3, 0.4) is 0 Å². The SMILES string of the molecule is CC(C)Oc1cccc(CNC(=O)[C@H](C)Oc2cccc3ccccc23)c1. The number of fused-ring (bicyclic) bond motifs is 1. The van der Waals surface area contributed by atoms with E-state index < -0.39 is 6.10 Å². The van der Waals surface area contributed by atoms with Crippen LogP contribution in [0.25, 0.3) is 10.8 Å². The van der Waals surface area contributed by atoms with E-state index in [2.05, 4.69) is 5.32 Å². The molecule has 0 saturated carbocycles. The zero-order valence-electron chi connectivity index (χ0n) is 15.9. The summed E-state index contributed by atoms with van der Waals surface area (Å²) >= 11 is 0. The van der Waals surface area contributed by atoms with Gasteiger partial charge in [0.2, 0.25) is 0 Å². The van der Waals surface area contributed by atoms with Gasteiger partial charge in [0.25, 0.3) is 5.91 Å². The molecule has 0 radical (unpaired) electrons. The minimum atomic E-state index is -0.592. The molecule has 4 nitrogen and oxygen atoms in total. The van der Waals surface area contributed by atoms with Gasteiger partial charge < -0.3 is 14.8 Å². The Labute approximate surface area is 160 Å². The molecule has 0 bridgehead atoms. The van der Waals surface area contributed by atoms with Crippen molar-refractivity contribution < 1.29 is 14.3 Å². The molecular formula is C23H25NO3. The molecule has 3 rings (SSSR count). The Morgan fingerprint density at radius 1 is 0.926 bits per heavy atom. The maximum Gasteiger partial charge on any atom is 0.261 e. The highest BCUT2D eigenvalue weighted by atomic mass is 16.5. The molecule has 0 unspecified atom stereocenters. The van der Waals surface area contributed by atoms with Crippen molar-refractivity contribution in [2.24, 2.45) is 0 Å². The topological polar surface area (TPSA) is 47.6 Å². The lowest BCUT2D eigenvalue weighted by Crippen LogP contribution is -2.35. The highest BCUT2D eigenvalue weighted by Crippen LogP contribution is 2.26. The van der Waals surface area contributed by atoms with Gasteiger partial charge in [0.1, 0.15) is 11.5 Å². The monoisotopic (exact) mass is 363 g/mol. The number of hydrogen-bond donors (Lipinski definition) is 1. The molecule has 0 spiro atoms. The van der Waals surface area contributed by atoms with Gasteiger partial charge in [0.05, 0.1) is 6.10 Å². The number of ether oxygens (including phenoxy) is 2. The molecule has 0 fully saturated rings. The molecule has 3 aromatic carbocycles. The van der Waals surface area contributed by atoms with Crippen LogP contribution in [0.1, 0.15) is 26.3 Å². The Kier molecular flexibility index (Phi) is 5.97. The van der Waals surface area contributed by atoms with E-state index in [0.29, 0.717) is 12.3 Å². The maximum atomic E-state index is 12.5. The van der Waals surface area contributed by atoms with Crippen molar-refractivity contribution in [2.75, 3.05) is 0 Å². The van der Waals surface area contributed by atoms with Gasteiger partial charge in [-0.05, 0) is 49.9 Å². The molecule has 4 heteroatoms. The fraction of sp³-hybridized carbons (Fsp3) is 0.261. The summed E-state index contributed by atoms with van der Waals surface area (Å²) in [6.07, 6.45) is -0.477. The summed E-state index contributed by atoms with van der Waals surface area (Å²) in [6.45, 7) is 6.16. The van der Waals surface area contributed by atoms with Crippen LogP contribution in [0.15, 0.2) is 66.7 Å². The smallest absolute Gasteiger partial charge is 0.261 e. The molecule has 1 amide bonds. The van der Waals surface area contributed by atoms with Gasteiger partial charge in [-0.15, -0.1) is 0 Å². The van der Waals surface area contributed by atoms with E-state index in [1.807, 2.05) is 80.6 Å². The lowest BCUT2D eigenvalue weighted by Gasteiger charge is -2.16. The Morgan fingerprint density at radius 2 is 1.67 bits per heavy atom. The van der Waals surface area contributed by atoms with Gasteiger partial charge in [-0.2, -0.15) is 0 Å². The van der Waals surface area contributed by atoms with Crippen LogP contribution < -0.4 is 14.8 Å². The molecule has 1 atom stereocenters. The average Bonchev–Trinajstić information content (AvgIpc) is 2.66. The number of carbonyl (C=O) groups is 1. The minimum Gasteiger partial charge on any atom is -0.491 e. The molecule has 1 N–H and O–H groups in total. The first-order valence-electron chi connectivity index (χ1n) is 9.20. The summed E-state index contributed by atoms with van der Waals surface area (Å²) in [4.78, 5) is 12.5. The van der Waals surface area contributed by atoms with Crippen LogP contribution in [0.5, 0.6) is 11.5 Å². The van der Waals surface area contributed by atoms with Crippen molar-refractivity contribution in [1.29, 1.82) is 0 Å². The van der Waals surface area contributed by atoms with E-state index in [9.17, 15) is 4.79 Å². The predicted octanol–water partition coefficient (Wildman–Crippen LogP) is 4.71. The van der Waals surface area contributed by atoms with E-state index >= 15 is 0 Å². The molecule has 3 aromatic rings. The van der Waals surface area contributed by atoms with Crippen molar-refractivity contribution in [2.45, 2.75) is 39.5 Å². The summed E-state index contributed by atoms with van der Waals surface area (Å²) in [5.74, 6) is 1.36. The summed E-state index contributed by atoms with van der Waals surface area (Å²) in [7, 11) is 0. The molecular weight excluding hydrogens is 338 g/mol. The number of carbonyl (C=O) groups excluding carboxylic acids is 1. The molecule has 0 heterocycles. The Bertz CT molecular complexity index is 915. The van der Waals surface area contributed by atoms with E-state index in [-0.39, 0.29) is 12.0 Å². The quantitative estimate of drug-likeness (QED) is 0.661. The highest BCUT2D eigenvalue weighted by Gasteiger charge is 2.15. The number of hydrogen-bond acceptors (Lipinski definition) is 3. The van der Waals surface area contributed by atoms with Crippen LogP contribution in [-0.2, 0) is 11.3 Å². The number of amides is 1. The molecule has 0 aromatic heterocycles. The fourth-order valence-electron chi connectivity index (χ4n) is 2.88. The third-order valence-corrected chi connectivity index (χ3v) is 4.16. The molecule has 140 valence electrons. The lowest BCUT2D eigenvalue weighted by atomic mass is 10.1. The second kappa shape index (κ2) is 8.58. The van der Waals surface area contributed by atoms with Crippen LogP contribution in [0.2, 0.25) is 0 Å². The van der Waals surface area contributed by atoms with E-state index in [4.69, 9.17) is 9.47 Å². The lowest BCUT2D eigenvalue weighted by molar-refractivity contribution is -0.127. The van der Waals surface area contributed by atoms with Crippen LogP contribution in [0, 0.1) is 0 Å². The number of benzene rings is 3. The highest BCUT2D eigenvalue weighted by molar-refractivity contribution is 5.89. The van der Waals surface area contributed by atoms with Gasteiger partial charge in [-0.3, -0.25) is 4.79 Å². The Morgan fingerprint density at radius 3 is 2.48 bits per heavy atom. The molecule has 0 saturated heterocycles. The van der Waals surface area contributed by atoms with E-state index in [1.165, 1.54) is 0 Å². The standard InChI is InChI=1S/C23H25NO3/c1-16(2)26-20-11-6-8-18(14-20)15-24-23(25)17(3)27-22-13-7-10-19-9-4-5-12-21(19)22/h4-14,16-17H,15H2,1-3H3,(H,24,25)/t17-/m0/s1. The van der Waals surface area contributed by atoms with Crippen molar-refractivity contribution in [3.8, 4) is 11.5 Å². The second-order valence-corrected chi connectivity index (χ2v) is 6.77. The number of rotatable bonds is 7. The van der Waals surface area contributed by atoms with Gasteiger partial charge in [0.15, 0.2) is 6.10 Å². The Hall–Kier alpha value is -3.01. The molecule has 0 aliphatic rings. The third-order valence-electron chi connectivity index (χ3n) is 4.16. The Balaban J connectivity index is 1.61. The summed E-state index contributed by atoms with van der Waals surface area (Å²) in [5, 5.41) is 5.01. The third kappa shape index (κ3) is 5.00. The van der Waals surface area contributed by atoms with Gasteiger partial charge in [-0.1, -0.05) is 48.5 Å². The first-order chi connectivity index (χ1) is 13.0. The van der Waals surface area contributed by atoms with Crippen molar-refractivity contribution in [3.05, 3.63) is 72.3 Å².